The molecule has 0 aliphatic heterocycles. The molecule has 2 aliphatic carbocycles. The smallest absolute Gasteiger partial charge is 0.255 e. The molecule has 1 heterocycles. The molecule has 0 unspecified atom stereocenters. The van der Waals surface area contributed by atoms with Crippen molar-refractivity contribution in [3.05, 3.63) is 94.8 Å². The van der Waals surface area contributed by atoms with Gasteiger partial charge in [-0.05, 0) is 98.7 Å². The summed E-state index contributed by atoms with van der Waals surface area (Å²) in [5.74, 6) is 0.155. The van der Waals surface area contributed by atoms with Gasteiger partial charge in [-0.1, -0.05) is 36.4 Å². The fraction of sp³-hybridized carbons (Fsp3) is 0.387. The van der Waals surface area contributed by atoms with E-state index in [0.717, 1.165) is 43.5 Å². The molecule has 3 atom stereocenters. The Labute approximate surface area is 213 Å². The van der Waals surface area contributed by atoms with Crippen LogP contribution in [-0.4, -0.2) is 21.6 Å². The molecule has 5 heteroatoms. The van der Waals surface area contributed by atoms with Gasteiger partial charge in [0.2, 0.25) is 0 Å². The predicted molar refractivity (Wildman–Crippen MR) is 141 cm³/mol. The first-order valence-corrected chi connectivity index (χ1v) is 12.9. The summed E-state index contributed by atoms with van der Waals surface area (Å²) >= 11 is 0. The maximum atomic E-state index is 13.1. The Hall–Kier alpha value is -3.49. The van der Waals surface area contributed by atoms with Crippen LogP contribution in [0.5, 0.6) is 0 Å². The maximum absolute atomic E-state index is 13.1. The Morgan fingerprint density at radius 1 is 1.17 bits per heavy atom. The first-order valence-electron chi connectivity index (χ1n) is 12.9. The fourth-order valence-corrected chi connectivity index (χ4v) is 6.52. The molecule has 1 aromatic heterocycles. The molecule has 2 aliphatic rings. The summed E-state index contributed by atoms with van der Waals surface area (Å²) < 4.78 is 0. The van der Waals surface area contributed by atoms with E-state index in [9.17, 15) is 15.2 Å². The third kappa shape index (κ3) is 4.66. The minimum absolute atomic E-state index is 0.121. The Bertz CT molecular complexity index is 1300. The van der Waals surface area contributed by atoms with E-state index in [-0.39, 0.29) is 23.7 Å². The summed E-state index contributed by atoms with van der Waals surface area (Å²) in [6.07, 6.45) is 7.82. The number of nitrogens with zero attached hydrogens (tertiary/aromatic N) is 2. The van der Waals surface area contributed by atoms with Crippen LogP contribution in [-0.2, 0) is 18.3 Å². The highest BCUT2D eigenvalue weighted by Crippen LogP contribution is 2.54. The van der Waals surface area contributed by atoms with E-state index in [4.69, 9.17) is 0 Å². The van der Waals surface area contributed by atoms with Crippen molar-refractivity contribution in [2.75, 3.05) is 5.32 Å². The number of hydrogen-bond acceptors (Lipinski definition) is 4. The van der Waals surface area contributed by atoms with Gasteiger partial charge in [0.1, 0.15) is 0 Å². The van der Waals surface area contributed by atoms with Gasteiger partial charge in [-0.15, -0.1) is 0 Å². The van der Waals surface area contributed by atoms with Crippen LogP contribution in [0.1, 0.15) is 71.3 Å². The van der Waals surface area contributed by atoms with Crippen LogP contribution in [0.25, 0.3) is 0 Å². The van der Waals surface area contributed by atoms with Crippen LogP contribution >= 0.6 is 0 Å². The van der Waals surface area contributed by atoms with Gasteiger partial charge >= 0.3 is 0 Å². The number of nitrogens with one attached hydrogen (secondary N) is 1. The lowest BCUT2D eigenvalue weighted by Gasteiger charge is -2.50. The molecule has 0 spiro atoms. The van der Waals surface area contributed by atoms with Gasteiger partial charge in [-0.3, -0.25) is 9.78 Å². The second kappa shape index (κ2) is 9.87. The number of amides is 1. The number of nitriles is 1. The van der Waals surface area contributed by atoms with Gasteiger partial charge in [0.05, 0.1) is 29.5 Å². The normalized spacial score (nSPS) is 25.1. The monoisotopic (exact) mass is 479 g/mol. The number of aryl methyl sites for hydroxylation is 2. The molecule has 1 saturated carbocycles. The van der Waals surface area contributed by atoms with Gasteiger partial charge < -0.3 is 10.4 Å². The van der Waals surface area contributed by atoms with Gasteiger partial charge in [0.25, 0.3) is 5.91 Å². The van der Waals surface area contributed by atoms with Crippen molar-refractivity contribution in [1.29, 1.82) is 5.26 Å². The minimum Gasteiger partial charge on any atom is -0.389 e. The van der Waals surface area contributed by atoms with Crippen molar-refractivity contribution in [2.45, 2.75) is 69.3 Å². The van der Waals surface area contributed by atoms with Crippen LogP contribution < -0.4 is 5.32 Å². The highest BCUT2D eigenvalue weighted by atomic mass is 16.3. The lowest BCUT2D eigenvalue weighted by Crippen LogP contribution is -2.49. The number of benzene rings is 2. The van der Waals surface area contributed by atoms with Gasteiger partial charge in [0.15, 0.2) is 0 Å². The number of aliphatic hydroxyl groups is 1. The molecule has 0 saturated heterocycles. The molecule has 3 aromatic rings. The van der Waals surface area contributed by atoms with E-state index >= 15 is 0 Å². The number of aromatic nitrogens is 1. The molecular weight excluding hydrogens is 446 g/mol. The molecule has 36 heavy (non-hydrogen) atoms. The molecule has 5 nitrogen and oxygen atoms in total. The van der Waals surface area contributed by atoms with Crippen molar-refractivity contribution in [1.82, 2.24) is 4.98 Å². The fourth-order valence-electron chi connectivity index (χ4n) is 6.52. The molecular formula is C31H33N3O2. The van der Waals surface area contributed by atoms with Crippen molar-refractivity contribution < 1.29 is 9.90 Å². The lowest BCUT2D eigenvalue weighted by atomic mass is 9.55. The average Bonchev–Trinajstić information content (AvgIpc) is 3.02. The third-order valence-electron chi connectivity index (χ3n) is 8.37. The Kier molecular flexibility index (Phi) is 6.64. The van der Waals surface area contributed by atoms with Gasteiger partial charge in [0, 0.05) is 17.2 Å². The summed E-state index contributed by atoms with van der Waals surface area (Å²) in [4.78, 5) is 17.4. The zero-order valence-electron chi connectivity index (χ0n) is 20.8. The van der Waals surface area contributed by atoms with E-state index < -0.39 is 5.60 Å². The molecule has 0 radical (unpaired) electrons. The topological polar surface area (TPSA) is 86.0 Å². The third-order valence-corrected chi connectivity index (χ3v) is 8.37. The van der Waals surface area contributed by atoms with Crippen LogP contribution in [0.4, 0.5) is 5.69 Å². The van der Waals surface area contributed by atoms with E-state index in [1.807, 2.05) is 31.2 Å². The first-order chi connectivity index (χ1) is 17.4. The quantitative estimate of drug-likeness (QED) is 0.477. The second-order valence-electron chi connectivity index (χ2n) is 10.6. The lowest BCUT2D eigenvalue weighted by molar-refractivity contribution is -0.0437. The molecule has 5 rings (SSSR count). The van der Waals surface area contributed by atoms with Crippen LogP contribution in [0.2, 0.25) is 0 Å². The van der Waals surface area contributed by atoms with Crippen molar-refractivity contribution >= 4 is 11.6 Å². The average molecular weight is 480 g/mol. The van der Waals surface area contributed by atoms with E-state index in [0.29, 0.717) is 18.4 Å². The van der Waals surface area contributed by atoms with E-state index in [1.165, 1.54) is 16.7 Å². The molecule has 1 fully saturated rings. The van der Waals surface area contributed by atoms with Crippen molar-refractivity contribution in [3.8, 4) is 6.07 Å². The number of rotatable bonds is 5. The predicted octanol–water partition coefficient (Wildman–Crippen LogP) is 5.90. The summed E-state index contributed by atoms with van der Waals surface area (Å²) in [5.41, 5.74) is 4.96. The van der Waals surface area contributed by atoms with Crippen molar-refractivity contribution in [2.24, 2.45) is 5.92 Å². The van der Waals surface area contributed by atoms with Gasteiger partial charge in [-0.2, -0.15) is 5.26 Å². The SMILES string of the molecule is Cc1ncccc1NC(=O)c1ccc2c(c1)CCC[C@H]1C[C@@](O)(CC#N)CC[C@@]21Cc1ccccc1. The largest absolute Gasteiger partial charge is 0.389 e. The van der Waals surface area contributed by atoms with Crippen LogP contribution in [0.15, 0.2) is 66.9 Å². The number of hydrogen-bond donors (Lipinski definition) is 2. The zero-order chi connectivity index (χ0) is 25.2. The summed E-state index contributed by atoms with van der Waals surface area (Å²) in [7, 11) is 0. The van der Waals surface area contributed by atoms with Crippen molar-refractivity contribution in [3.63, 3.8) is 0 Å². The number of anilines is 1. The Morgan fingerprint density at radius 2 is 2.00 bits per heavy atom. The van der Waals surface area contributed by atoms with Gasteiger partial charge in [-0.25, -0.2) is 0 Å². The van der Waals surface area contributed by atoms with Crippen LogP contribution in [0.3, 0.4) is 0 Å². The summed E-state index contributed by atoms with van der Waals surface area (Å²) in [6.45, 7) is 1.89. The highest BCUT2D eigenvalue weighted by Gasteiger charge is 2.50. The van der Waals surface area contributed by atoms with E-state index in [2.05, 4.69) is 52.8 Å². The molecule has 2 aromatic carbocycles. The highest BCUT2D eigenvalue weighted by molar-refractivity contribution is 6.04. The molecule has 0 bridgehead atoms. The Balaban J connectivity index is 1.52. The Morgan fingerprint density at radius 3 is 2.78 bits per heavy atom. The van der Waals surface area contributed by atoms with E-state index in [1.54, 1.807) is 6.20 Å². The number of carbonyl (C=O) groups is 1. The molecule has 2 N–H and O–H groups in total. The number of pyridine rings is 1. The maximum Gasteiger partial charge on any atom is 0.255 e. The van der Waals surface area contributed by atoms with Crippen LogP contribution in [0, 0.1) is 24.2 Å². The standard InChI is InChI=1S/C31H33N3O2/c1-22-28(11-6-18-33-22)34-29(35)25-12-13-27-24(19-25)9-5-10-26-21-30(36,16-17-32)14-15-31(26,27)20-23-7-3-2-4-8-23/h2-4,6-8,11-13,18-19,26,36H,5,9-10,14-16,20-21H2,1H3,(H,34,35)/t26-,30-,31-/m0/s1. The number of fused-ring (bicyclic) bond motifs is 3. The first kappa shape index (κ1) is 24.2. The summed E-state index contributed by atoms with van der Waals surface area (Å²) in [5, 5.41) is 23.6. The zero-order valence-corrected chi connectivity index (χ0v) is 20.8. The minimum atomic E-state index is -0.911. The number of carbonyl (C=O) groups excluding carboxylic acids is 1. The second-order valence-corrected chi connectivity index (χ2v) is 10.6. The molecule has 184 valence electrons. The summed E-state index contributed by atoms with van der Waals surface area (Å²) in [6, 6.07) is 22.7. The molecule has 1 amide bonds.